The zero-order valence-corrected chi connectivity index (χ0v) is 7.92. The summed E-state index contributed by atoms with van der Waals surface area (Å²) in [6.07, 6.45) is 1.77. The van der Waals surface area contributed by atoms with Crippen molar-refractivity contribution >= 4 is 17.4 Å². The van der Waals surface area contributed by atoms with Gasteiger partial charge >= 0.3 is 0 Å². The molecule has 0 atom stereocenters. The molecule has 1 heterocycles. The average Bonchev–Trinajstić information content (AvgIpc) is 2.67. The number of hydrogen-bond donors (Lipinski definition) is 0. The Balaban J connectivity index is 2.41. The third kappa shape index (κ3) is 1.68. The fraction of sp³-hybridized carbons (Fsp3) is 0. The molecular formula is C11H9NS. The van der Waals surface area contributed by atoms with Gasteiger partial charge in [0.2, 0.25) is 0 Å². The summed E-state index contributed by atoms with van der Waals surface area (Å²) in [6.45, 7) is 3.68. The predicted octanol–water partition coefficient (Wildman–Crippen LogP) is 3.45. The van der Waals surface area contributed by atoms with Gasteiger partial charge in [-0.15, -0.1) is 11.3 Å². The minimum atomic E-state index is 0.948. The molecule has 64 valence electrons. The van der Waals surface area contributed by atoms with Crippen LogP contribution < -0.4 is 0 Å². The molecule has 13 heavy (non-hydrogen) atoms. The zero-order valence-electron chi connectivity index (χ0n) is 7.10. The first-order valence-electron chi connectivity index (χ1n) is 4.03. The lowest BCUT2D eigenvalue weighted by molar-refractivity contribution is 1.38. The first kappa shape index (κ1) is 8.20. The largest absolute Gasteiger partial charge is 0.237 e. The summed E-state index contributed by atoms with van der Waals surface area (Å²) in [5.41, 5.74) is 2.12. The van der Waals surface area contributed by atoms with Crippen molar-refractivity contribution in [1.82, 2.24) is 4.98 Å². The lowest BCUT2D eigenvalue weighted by Crippen LogP contribution is -1.75. The van der Waals surface area contributed by atoms with E-state index in [0.29, 0.717) is 0 Å². The summed E-state index contributed by atoms with van der Waals surface area (Å²) >= 11 is 1.64. The minimum Gasteiger partial charge on any atom is -0.237 e. The van der Waals surface area contributed by atoms with E-state index in [9.17, 15) is 0 Å². The topological polar surface area (TPSA) is 12.9 Å². The molecule has 0 aliphatic rings. The highest BCUT2D eigenvalue weighted by molar-refractivity contribution is 7.13. The zero-order chi connectivity index (χ0) is 9.10. The summed E-state index contributed by atoms with van der Waals surface area (Å²) in [5.74, 6) is 0. The SMILES string of the molecule is C=Cc1csc(-c2ccccc2)n1. The fourth-order valence-corrected chi connectivity index (χ4v) is 1.90. The Hall–Kier alpha value is -1.41. The number of nitrogens with zero attached hydrogens (tertiary/aromatic N) is 1. The van der Waals surface area contributed by atoms with Crippen LogP contribution in [0.15, 0.2) is 42.3 Å². The van der Waals surface area contributed by atoms with Gasteiger partial charge in [0.05, 0.1) is 5.69 Å². The van der Waals surface area contributed by atoms with Crippen molar-refractivity contribution in [3.63, 3.8) is 0 Å². The van der Waals surface area contributed by atoms with E-state index >= 15 is 0 Å². The maximum absolute atomic E-state index is 4.40. The molecule has 1 aromatic carbocycles. The van der Waals surface area contributed by atoms with Crippen LogP contribution in [-0.4, -0.2) is 4.98 Å². The highest BCUT2D eigenvalue weighted by Gasteiger charge is 2.00. The van der Waals surface area contributed by atoms with E-state index in [-0.39, 0.29) is 0 Å². The quantitative estimate of drug-likeness (QED) is 0.701. The standard InChI is InChI=1S/C11H9NS/c1-2-10-8-13-11(12-10)9-6-4-3-5-7-9/h2-8H,1H2. The lowest BCUT2D eigenvalue weighted by atomic mass is 10.2. The molecule has 0 radical (unpaired) electrons. The normalized spacial score (nSPS) is 9.85. The van der Waals surface area contributed by atoms with Crippen LogP contribution in [0.3, 0.4) is 0 Å². The van der Waals surface area contributed by atoms with Crippen LogP contribution in [0, 0.1) is 0 Å². The Bertz CT molecular complexity index is 403. The number of thiazole rings is 1. The Morgan fingerprint density at radius 2 is 2.00 bits per heavy atom. The Morgan fingerprint density at radius 3 is 2.62 bits per heavy atom. The van der Waals surface area contributed by atoms with Crippen molar-refractivity contribution in [1.29, 1.82) is 0 Å². The van der Waals surface area contributed by atoms with Gasteiger partial charge in [0, 0.05) is 10.9 Å². The van der Waals surface area contributed by atoms with Gasteiger partial charge in [-0.1, -0.05) is 36.9 Å². The molecule has 2 heteroatoms. The van der Waals surface area contributed by atoms with E-state index in [1.165, 1.54) is 5.56 Å². The van der Waals surface area contributed by atoms with Crippen LogP contribution >= 0.6 is 11.3 Å². The van der Waals surface area contributed by atoms with Crippen LogP contribution in [0.2, 0.25) is 0 Å². The van der Waals surface area contributed by atoms with Gasteiger partial charge in [-0.3, -0.25) is 0 Å². The summed E-state index contributed by atoms with van der Waals surface area (Å²) in [7, 11) is 0. The van der Waals surface area contributed by atoms with Gasteiger partial charge in [0.15, 0.2) is 0 Å². The van der Waals surface area contributed by atoms with E-state index in [1.807, 2.05) is 23.6 Å². The maximum Gasteiger partial charge on any atom is 0.124 e. The first-order chi connectivity index (χ1) is 6.40. The van der Waals surface area contributed by atoms with Crippen molar-refractivity contribution < 1.29 is 0 Å². The molecule has 0 saturated heterocycles. The van der Waals surface area contributed by atoms with Crippen LogP contribution in [0.4, 0.5) is 0 Å². The van der Waals surface area contributed by atoms with Crippen LogP contribution in [0.1, 0.15) is 5.69 Å². The molecule has 0 aliphatic heterocycles. The Morgan fingerprint density at radius 1 is 1.23 bits per heavy atom. The van der Waals surface area contributed by atoms with Gasteiger partial charge in [-0.25, -0.2) is 4.98 Å². The second-order valence-corrected chi connectivity index (χ2v) is 3.51. The van der Waals surface area contributed by atoms with Gasteiger partial charge in [0.1, 0.15) is 5.01 Å². The summed E-state index contributed by atoms with van der Waals surface area (Å²) < 4.78 is 0. The van der Waals surface area contributed by atoms with Gasteiger partial charge in [-0.05, 0) is 6.08 Å². The highest BCUT2D eigenvalue weighted by atomic mass is 32.1. The molecule has 2 aromatic rings. The van der Waals surface area contributed by atoms with E-state index in [4.69, 9.17) is 0 Å². The summed E-state index contributed by atoms with van der Waals surface area (Å²) in [4.78, 5) is 4.40. The molecule has 0 amide bonds. The number of aromatic nitrogens is 1. The third-order valence-electron chi connectivity index (χ3n) is 1.75. The van der Waals surface area contributed by atoms with Crippen LogP contribution in [0.5, 0.6) is 0 Å². The van der Waals surface area contributed by atoms with Gasteiger partial charge in [-0.2, -0.15) is 0 Å². The monoisotopic (exact) mass is 187 g/mol. The van der Waals surface area contributed by atoms with Crippen molar-refractivity contribution in [2.24, 2.45) is 0 Å². The molecule has 0 unspecified atom stereocenters. The van der Waals surface area contributed by atoms with Crippen LogP contribution in [-0.2, 0) is 0 Å². The van der Waals surface area contributed by atoms with Gasteiger partial charge < -0.3 is 0 Å². The minimum absolute atomic E-state index is 0.948. The molecule has 0 aliphatic carbocycles. The number of hydrogen-bond acceptors (Lipinski definition) is 2. The van der Waals surface area contributed by atoms with E-state index in [0.717, 1.165) is 10.7 Å². The molecular weight excluding hydrogens is 178 g/mol. The molecule has 1 aromatic heterocycles. The van der Waals surface area contributed by atoms with Gasteiger partial charge in [0.25, 0.3) is 0 Å². The van der Waals surface area contributed by atoms with Crippen molar-refractivity contribution in [2.75, 3.05) is 0 Å². The highest BCUT2D eigenvalue weighted by Crippen LogP contribution is 2.23. The predicted molar refractivity (Wildman–Crippen MR) is 57.6 cm³/mol. The molecule has 0 saturated carbocycles. The fourth-order valence-electron chi connectivity index (χ4n) is 1.09. The second-order valence-electron chi connectivity index (χ2n) is 2.65. The lowest BCUT2D eigenvalue weighted by Gasteiger charge is -1.92. The number of benzene rings is 1. The van der Waals surface area contributed by atoms with E-state index in [1.54, 1.807) is 17.4 Å². The molecule has 0 N–H and O–H groups in total. The Labute approximate surface area is 81.4 Å². The van der Waals surface area contributed by atoms with Crippen LogP contribution in [0.25, 0.3) is 16.6 Å². The van der Waals surface area contributed by atoms with Crippen molar-refractivity contribution in [3.05, 3.63) is 48.0 Å². The summed E-state index contributed by atoms with van der Waals surface area (Å²) in [5, 5.41) is 3.06. The molecule has 0 fully saturated rings. The molecule has 0 spiro atoms. The molecule has 2 rings (SSSR count). The van der Waals surface area contributed by atoms with E-state index < -0.39 is 0 Å². The Kier molecular flexibility index (Phi) is 2.23. The van der Waals surface area contributed by atoms with E-state index in [2.05, 4.69) is 23.7 Å². The van der Waals surface area contributed by atoms with Crippen molar-refractivity contribution in [2.45, 2.75) is 0 Å². The second kappa shape index (κ2) is 3.54. The summed E-state index contributed by atoms with van der Waals surface area (Å²) in [6, 6.07) is 10.2. The first-order valence-corrected chi connectivity index (χ1v) is 4.91. The molecule has 0 bridgehead atoms. The smallest absolute Gasteiger partial charge is 0.124 e. The maximum atomic E-state index is 4.40. The van der Waals surface area contributed by atoms with Crippen molar-refractivity contribution in [3.8, 4) is 10.6 Å². The molecule has 1 nitrogen and oxygen atoms in total. The number of rotatable bonds is 2. The average molecular weight is 187 g/mol. The third-order valence-corrected chi connectivity index (χ3v) is 2.66.